The smallest absolute Gasteiger partial charge is 0.0772 e. The van der Waals surface area contributed by atoms with Gasteiger partial charge in [0.05, 0.1) is 10.3 Å². The Balaban J connectivity index is 2.21. The largest absolute Gasteiger partial charge is 0.389 e. The number of halogens is 1. The number of aliphatic hydroxyl groups excluding tert-OH is 1. The van der Waals surface area contributed by atoms with Crippen molar-refractivity contribution in [2.75, 3.05) is 0 Å². The molecule has 4 heteroatoms. The van der Waals surface area contributed by atoms with Gasteiger partial charge in [-0.05, 0) is 36.1 Å². The van der Waals surface area contributed by atoms with Gasteiger partial charge in [-0.1, -0.05) is 39.8 Å². The molecule has 0 saturated heterocycles. The molecule has 1 N–H and O–H groups in total. The van der Waals surface area contributed by atoms with E-state index in [4.69, 9.17) is 0 Å². The van der Waals surface area contributed by atoms with Crippen LogP contribution in [0.2, 0.25) is 0 Å². The lowest BCUT2D eigenvalue weighted by atomic mass is 10.1. The average molecular weight is 315 g/mol. The van der Waals surface area contributed by atoms with Crippen LogP contribution in [-0.2, 0) is 0 Å². The van der Waals surface area contributed by atoms with Gasteiger partial charge in [-0.3, -0.25) is 0 Å². The molecule has 0 amide bonds. The number of aliphatic hydroxyl groups is 1. The van der Waals surface area contributed by atoms with Gasteiger partial charge in [0.1, 0.15) is 0 Å². The molecule has 84 valence electrons. The number of thiophene rings is 1. The predicted molar refractivity (Wildman–Crippen MR) is 73.2 cm³/mol. The molecule has 0 aliphatic heterocycles. The normalized spacial score (nSPS) is 12.7. The van der Waals surface area contributed by atoms with Crippen LogP contribution >= 0.6 is 39.0 Å². The third-order valence-corrected chi connectivity index (χ3v) is 4.85. The second-order valence-electron chi connectivity index (χ2n) is 3.39. The average Bonchev–Trinajstić information content (AvgIpc) is 2.70. The molecule has 1 atom stereocenters. The summed E-state index contributed by atoms with van der Waals surface area (Å²) in [6, 6.07) is 10.2. The Hall–Kier alpha value is -0.290. The van der Waals surface area contributed by atoms with Crippen molar-refractivity contribution in [3.05, 3.63) is 45.7 Å². The highest BCUT2D eigenvalue weighted by Crippen LogP contribution is 2.34. The topological polar surface area (TPSA) is 20.2 Å². The van der Waals surface area contributed by atoms with Crippen LogP contribution in [0.25, 0.3) is 0 Å². The van der Waals surface area contributed by atoms with Crippen molar-refractivity contribution in [2.24, 2.45) is 0 Å². The summed E-state index contributed by atoms with van der Waals surface area (Å²) >= 11 is 6.95. The monoisotopic (exact) mass is 314 g/mol. The van der Waals surface area contributed by atoms with Crippen molar-refractivity contribution in [1.29, 1.82) is 0 Å². The van der Waals surface area contributed by atoms with Gasteiger partial charge < -0.3 is 5.11 Å². The molecule has 0 aliphatic rings. The third kappa shape index (κ3) is 2.88. The fourth-order valence-corrected chi connectivity index (χ4v) is 4.00. The first-order chi connectivity index (χ1) is 7.66. The Morgan fingerprint density at radius 3 is 2.75 bits per heavy atom. The third-order valence-electron chi connectivity index (χ3n) is 2.14. The molecule has 0 spiro atoms. The first kappa shape index (κ1) is 12.2. The van der Waals surface area contributed by atoms with E-state index >= 15 is 0 Å². The molecule has 1 heterocycles. The van der Waals surface area contributed by atoms with Crippen LogP contribution in [0.5, 0.6) is 0 Å². The maximum absolute atomic E-state index is 9.52. The van der Waals surface area contributed by atoms with Gasteiger partial charge in [0, 0.05) is 9.37 Å². The summed E-state index contributed by atoms with van der Waals surface area (Å²) in [6.45, 7) is 1.77. The van der Waals surface area contributed by atoms with E-state index in [2.05, 4.69) is 27.4 Å². The van der Waals surface area contributed by atoms with E-state index in [9.17, 15) is 5.11 Å². The van der Waals surface area contributed by atoms with Gasteiger partial charge in [0.15, 0.2) is 0 Å². The molecule has 0 fully saturated rings. The van der Waals surface area contributed by atoms with E-state index in [1.54, 1.807) is 30.0 Å². The van der Waals surface area contributed by atoms with Crippen molar-refractivity contribution < 1.29 is 5.11 Å². The van der Waals surface area contributed by atoms with Gasteiger partial charge in [-0.25, -0.2) is 0 Å². The van der Waals surface area contributed by atoms with E-state index in [1.165, 1.54) is 9.10 Å². The summed E-state index contributed by atoms with van der Waals surface area (Å²) < 4.78 is 2.24. The van der Waals surface area contributed by atoms with E-state index in [1.807, 2.05) is 24.3 Å². The van der Waals surface area contributed by atoms with E-state index in [-0.39, 0.29) is 0 Å². The van der Waals surface area contributed by atoms with Crippen molar-refractivity contribution in [2.45, 2.75) is 22.1 Å². The minimum Gasteiger partial charge on any atom is -0.389 e. The standard InChI is InChI=1S/C12H11BrOS2/c1-8(14)10-5-4-9(7-11(10)13)16-12-3-2-6-15-12/h2-8,14H,1H3/t8-/m1/s1. The Labute approximate surface area is 112 Å². The van der Waals surface area contributed by atoms with Crippen LogP contribution in [-0.4, -0.2) is 5.11 Å². The van der Waals surface area contributed by atoms with E-state index < -0.39 is 6.10 Å². The van der Waals surface area contributed by atoms with E-state index in [0.717, 1.165) is 10.0 Å². The Morgan fingerprint density at radius 2 is 2.19 bits per heavy atom. The van der Waals surface area contributed by atoms with Crippen LogP contribution in [0.4, 0.5) is 0 Å². The Morgan fingerprint density at radius 1 is 1.38 bits per heavy atom. The lowest BCUT2D eigenvalue weighted by Crippen LogP contribution is -1.92. The number of hydrogen-bond donors (Lipinski definition) is 1. The van der Waals surface area contributed by atoms with Gasteiger partial charge in [-0.2, -0.15) is 0 Å². The molecule has 0 saturated carbocycles. The van der Waals surface area contributed by atoms with Crippen LogP contribution in [0.3, 0.4) is 0 Å². The van der Waals surface area contributed by atoms with Crippen molar-refractivity contribution in [3.8, 4) is 0 Å². The maximum atomic E-state index is 9.52. The zero-order valence-corrected chi connectivity index (χ0v) is 11.9. The molecular formula is C12H11BrOS2. The molecule has 1 aromatic carbocycles. The second-order valence-corrected chi connectivity index (χ2v) is 6.57. The Kier molecular flexibility index (Phi) is 4.08. The summed E-state index contributed by atoms with van der Waals surface area (Å²) in [5.74, 6) is 0. The highest BCUT2D eigenvalue weighted by atomic mass is 79.9. The quantitative estimate of drug-likeness (QED) is 0.885. The van der Waals surface area contributed by atoms with E-state index in [0.29, 0.717) is 0 Å². The highest BCUT2D eigenvalue weighted by Gasteiger charge is 2.07. The number of rotatable bonds is 3. The van der Waals surface area contributed by atoms with Crippen molar-refractivity contribution in [1.82, 2.24) is 0 Å². The zero-order chi connectivity index (χ0) is 11.5. The second kappa shape index (κ2) is 5.36. The Bertz CT molecular complexity index is 466. The minimum absolute atomic E-state index is 0.435. The molecule has 2 rings (SSSR count). The highest BCUT2D eigenvalue weighted by molar-refractivity contribution is 9.10. The molecule has 1 aromatic heterocycles. The predicted octanol–water partition coefficient (Wildman–Crippen LogP) is 4.72. The van der Waals surface area contributed by atoms with Crippen LogP contribution in [0.15, 0.2) is 49.3 Å². The summed E-state index contributed by atoms with van der Waals surface area (Å²) in [4.78, 5) is 1.18. The first-order valence-electron chi connectivity index (χ1n) is 4.85. The molecule has 0 bridgehead atoms. The lowest BCUT2D eigenvalue weighted by molar-refractivity contribution is 0.198. The minimum atomic E-state index is -0.435. The molecule has 0 unspecified atom stereocenters. The summed E-state index contributed by atoms with van der Waals surface area (Å²) in [5, 5.41) is 11.6. The molecule has 2 aromatic rings. The fourth-order valence-electron chi connectivity index (χ4n) is 1.35. The molecule has 1 nitrogen and oxygen atoms in total. The van der Waals surface area contributed by atoms with Gasteiger partial charge in [0.25, 0.3) is 0 Å². The molecule has 16 heavy (non-hydrogen) atoms. The SMILES string of the molecule is C[C@@H](O)c1ccc(Sc2cccs2)cc1Br. The van der Waals surface area contributed by atoms with Crippen LogP contribution < -0.4 is 0 Å². The molecule has 0 aliphatic carbocycles. The summed E-state index contributed by atoms with van der Waals surface area (Å²) in [6.07, 6.45) is -0.435. The number of hydrogen-bond acceptors (Lipinski definition) is 3. The summed E-state index contributed by atoms with van der Waals surface area (Å²) in [7, 11) is 0. The first-order valence-corrected chi connectivity index (χ1v) is 7.34. The molecule has 0 radical (unpaired) electrons. The van der Waals surface area contributed by atoms with Gasteiger partial charge in [-0.15, -0.1) is 11.3 Å². The lowest BCUT2D eigenvalue weighted by Gasteiger charge is -2.08. The zero-order valence-electron chi connectivity index (χ0n) is 8.68. The van der Waals surface area contributed by atoms with Crippen LogP contribution in [0.1, 0.15) is 18.6 Å². The van der Waals surface area contributed by atoms with Crippen LogP contribution in [0, 0.1) is 0 Å². The van der Waals surface area contributed by atoms with Crippen molar-refractivity contribution in [3.63, 3.8) is 0 Å². The van der Waals surface area contributed by atoms with Gasteiger partial charge >= 0.3 is 0 Å². The maximum Gasteiger partial charge on any atom is 0.0772 e. The molecular weight excluding hydrogens is 304 g/mol. The van der Waals surface area contributed by atoms with Gasteiger partial charge in [0.2, 0.25) is 0 Å². The number of benzene rings is 1. The van der Waals surface area contributed by atoms with Crippen molar-refractivity contribution >= 4 is 39.0 Å². The summed E-state index contributed by atoms with van der Waals surface area (Å²) in [5.41, 5.74) is 0.926. The fraction of sp³-hybridized carbons (Fsp3) is 0.167.